The molecule has 1 rings (SSSR count). The molecule has 96 valence electrons. The Labute approximate surface area is 105 Å². The fourth-order valence-corrected chi connectivity index (χ4v) is 2.30. The van der Waals surface area contributed by atoms with Crippen molar-refractivity contribution in [2.45, 2.75) is 26.8 Å². The second-order valence-electron chi connectivity index (χ2n) is 2.87. The Morgan fingerprint density at radius 1 is 0.938 bits per heavy atom. The van der Waals surface area contributed by atoms with E-state index in [2.05, 4.69) is 51.1 Å². The highest BCUT2D eigenvalue weighted by Gasteiger charge is 2.95. The van der Waals surface area contributed by atoms with E-state index in [1.54, 1.807) is 0 Å². The molecule has 0 amide bonds. The lowest BCUT2D eigenvalue weighted by Crippen LogP contribution is -2.83. The van der Waals surface area contributed by atoms with Crippen molar-refractivity contribution in [3.63, 3.8) is 0 Å². The van der Waals surface area contributed by atoms with Gasteiger partial charge in [0.25, 0.3) is 10.2 Å². The molecular weight excluding hydrogens is 332 g/mol. The summed E-state index contributed by atoms with van der Waals surface area (Å²) >= 11 is 17.6. The number of hydrogen-bond donors (Lipinski definition) is 0. The standard InChI is InChI=1S/C5Cl4F6O/c6-3(7,12)1(4(8,13)14)2(10,11)5(9,15)16-1/t1-,5+/m1/s1. The molecule has 0 radical (unpaired) electrons. The molecule has 0 aromatic rings. The summed E-state index contributed by atoms with van der Waals surface area (Å²) in [4.78, 5) is 0. The molecule has 0 aromatic heterocycles. The van der Waals surface area contributed by atoms with Crippen molar-refractivity contribution in [2.24, 2.45) is 0 Å². The van der Waals surface area contributed by atoms with Crippen LogP contribution in [0.15, 0.2) is 0 Å². The molecule has 11 heteroatoms. The molecule has 1 fully saturated rings. The van der Waals surface area contributed by atoms with Gasteiger partial charge in [-0.25, -0.2) is 4.39 Å². The van der Waals surface area contributed by atoms with Crippen LogP contribution in [0.5, 0.6) is 0 Å². The van der Waals surface area contributed by atoms with Gasteiger partial charge in [0.1, 0.15) is 0 Å². The van der Waals surface area contributed by atoms with Crippen LogP contribution < -0.4 is 0 Å². The first kappa shape index (κ1) is 14.8. The van der Waals surface area contributed by atoms with Crippen molar-refractivity contribution in [1.82, 2.24) is 0 Å². The SMILES string of the molecule is FC(F)(Cl)[C@@]1(C(F)(Cl)Cl)O[C@](F)(Cl)C1(F)F. The maximum Gasteiger partial charge on any atom is 0.362 e. The van der Waals surface area contributed by atoms with Crippen molar-refractivity contribution in [3.05, 3.63) is 0 Å². The minimum Gasteiger partial charge on any atom is -0.302 e. The van der Waals surface area contributed by atoms with E-state index in [9.17, 15) is 26.3 Å². The number of halogens is 10. The van der Waals surface area contributed by atoms with Gasteiger partial charge in [0.05, 0.1) is 0 Å². The zero-order valence-electron chi connectivity index (χ0n) is 6.69. The van der Waals surface area contributed by atoms with Crippen LogP contribution in [0.3, 0.4) is 0 Å². The maximum atomic E-state index is 13.0. The van der Waals surface area contributed by atoms with E-state index in [1.165, 1.54) is 0 Å². The third-order valence-electron chi connectivity index (χ3n) is 1.89. The molecule has 0 spiro atoms. The van der Waals surface area contributed by atoms with Gasteiger partial charge in [-0.2, -0.15) is 22.0 Å². The highest BCUT2D eigenvalue weighted by molar-refractivity contribution is 6.49. The van der Waals surface area contributed by atoms with Gasteiger partial charge in [-0.1, -0.05) is 23.2 Å². The van der Waals surface area contributed by atoms with Crippen molar-refractivity contribution >= 4 is 46.4 Å². The van der Waals surface area contributed by atoms with Crippen LogP contribution in [0, 0.1) is 0 Å². The van der Waals surface area contributed by atoms with E-state index in [0.29, 0.717) is 0 Å². The monoisotopic (exact) mass is 330 g/mol. The zero-order valence-corrected chi connectivity index (χ0v) is 9.71. The smallest absolute Gasteiger partial charge is 0.302 e. The number of rotatable bonds is 2. The van der Waals surface area contributed by atoms with Gasteiger partial charge in [-0.05, 0) is 23.2 Å². The van der Waals surface area contributed by atoms with E-state index < -0.39 is 26.8 Å². The Bertz CT molecular complexity index is 293. The van der Waals surface area contributed by atoms with Gasteiger partial charge in [-0.15, -0.1) is 0 Å². The molecule has 0 aromatic carbocycles. The summed E-state index contributed by atoms with van der Waals surface area (Å²) < 4.78 is 75.9. The Kier molecular flexibility index (Phi) is 3.11. The molecule has 0 saturated carbocycles. The molecule has 1 aliphatic rings. The largest absolute Gasteiger partial charge is 0.362 e. The molecular formula is C5Cl4F6O. The quantitative estimate of drug-likeness (QED) is 0.544. The van der Waals surface area contributed by atoms with Crippen LogP contribution in [0.2, 0.25) is 0 Å². The summed E-state index contributed by atoms with van der Waals surface area (Å²) in [5, 5.41) is -9.47. The van der Waals surface area contributed by atoms with E-state index in [-0.39, 0.29) is 0 Å². The van der Waals surface area contributed by atoms with Crippen LogP contribution in [0.4, 0.5) is 26.3 Å². The van der Waals surface area contributed by atoms with Crippen molar-refractivity contribution in [3.8, 4) is 0 Å². The average Bonchev–Trinajstić information content (AvgIpc) is 1.94. The Morgan fingerprint density at radius 3 is 1.38 bits per heavy atom. The molecule has 0 aliphatic carbocycles. The van der Waals surface area contributed by atoms with Gasteiger partial charge in [0.15, 0.2) is 0 Å². The molecule has 16 heavy (non-hydrogen) atoms. The van der Waals surface area contributed by atoms with Gasteiger partial charge in [0, 0.05) is 0 Å². The van der Waals surface area contributed by atoms with Crippen LogP contribution in [-0.4, -0.2) is 26.8 Å². The lowest BCUT2D eigenvalue weighted by Gasteiger charge is -2.56. The summed E-state index contributed by atoms with van der Waals surface area (Å²) in [6, 6.07) is 0. The van der Waals surface area contributed by atoms with Crippen molar-refractivity contribution in [1.29, 1.82) is 0 Å². The molecule has 0 unspecified atom stereocenters. The summed E-state index contributed by atoms with van der Waals surface area (Å²) in [5.74, 6) is -5.24. The lowest BCUT2D eigenvalue weighted by atomic mass is 9.89. The highest BCUT2D eigenvalue weighted by Crippen LogP contribution is 2.70. The molecule has 1 heterocycles. The number of alkyl halides is 10. The van der Waals surface area contributed by atoms with E-state index in [1.807, 2.05) is 0 Å². The van der Waals surface area contributed by atoms with Crippen LogP contribution in [-0.2, 0) is 4.74 Å². The van der Waals surface area contributed by atoms with Crippen LogP contribution >= 0.6 is 46.4 Å². The minimum atomic E-state index is -5.24. The third kappa shape index (κ3) is 1.51. The summed E-state index contributed by atoms with van der Waals surface area (Å²) in [7, 11) is 0. The fourth-order valence-electron chi connectivity index (χ4n) is 1.11. The zero-order chi connectivity index (χ0) is 13.2. The first-order valence-electron chi connectivity index (χ1n) is 3.30. The Morgan fingerprint density at radius 2 is 1.31 bits per heavy atom. The number of ether oxygens (including phenoxy) is 1. The minimum absolute atomic E-state index is 3.29. The molecule has 2 atom stereocenters. The van der Waals surface area contributed by atoms with Gasteiger partial charge >= 0.3 is 16.6 Å². The molecule has 1 saturated heterocycles. The van der Waals surface area contributed by atoms with Gasteiger partial charge in [-0.3, -0.25) is 0 Å². The normalized spacial score (nSPS) is 39.4. The molecule has 0 bridgehead atoms. The second-order valence-corrected chi connectivity index (χ2v) is 5.07. The fraction of sp³-hybridized carbons (Fsp3) is 1.00. The van der Waals surface area contributed by atoms with Crippen LogP contribution in [0.1, 0.15) is 0 Å². The van der Waals surface area contributed by atoms with E-state index in [0.717, 1.165) is 0 Å². The Balaban J connectivity index is 3.35. The van der Waals surface area contributed by atoms with E-state index >= 15 is 0 Å². The summed E-state index contributed by atoms with van der Waals surface area (Å²) in [5.41, 5.74) is -4.62. The first-order chi connectivity index (χ1) is 6.71. The lowest BCUT2D eigenvalue weighted by molar-refractivity contribution is -0.476. The van der Waals surface area contributed by atoms with Crippen molar-refractivity contribution < 1.29 is 31.1 Å². The molecule has 1 nitrogen and oxygen atoms in total. The topological polar surface area (TPSA) is 9.23 Å². The summed E-state index contributed by atoms with van der Waals surface area (Å²) in [6.45, 7) is 0. The number of hydrogen-bond acceptors (Lipinski definition) is 1. The third-order valence-corrected chi connectivity index (χ3v) is 3.00. The summed E-state index contributed by atoms with van der Waals surface area (Å²) in [6.07, 6.45) is 0. The molecule has 0 N–H and O–H groups in total. The maximum absolute atomic E-state index is 13.0. The Hall–Kier alpha value is 0.700. The predicted molar refractivity (Wildman–Crippen MR) is 44.8 cm³/mol. The first-order valence-corrected chi connectivity index (χ1v) is 4.81. The van der Waals surface area contributed by atoms with Crippen LogP contribution in [0.25, 0.3) is 0 Å². The molecule has 1 aliphatic heterocycles. The second kappa shape index (κ2) is 3.38. The van der Waals surface area contributed by atoms with Gasteiger partial charge in [0.2, 0.25) is 0 Å². The predicted octanol–water partition coefficient (Wildman–Crippen LogP) is 4.19. The average molecular weight is 332 g/mol. The highest BCUT2D eigenvalue weighted by atomic mass is 35.5. The van der Waals surface area contributed by atoms with E-state index in [4.69, 9.17) is 0 Å². The van der Waals surface area contributed by atoms with Crippen molar-refractivity contribution in [2.75, 3.05) is 0 Å². The van der Waals surface area contributed by atoms with Gasteiger partial charge < -0.3 is 4.74 Å².